The summed E-state index contributed by atoms with van der Waals surface area (Å²) >= 11 is 0. The van der Waals surface area contributed by atoms with Crippen LogP contribution in [-0.4, -0.2) is 53.4 Å². The molecule has 4 N–H and O–H groups in total. The molecule has 0 unspecified atom stereocenters. The molecule has 2 rings (SSSR count). The molecular formula is C61H50O7Si4. The van der Waals surface area contributed by atoms with Crippen molar-refractivity contribution in [3.8, 4) is 226 Å². The molecule has 0 heterocycles. The van der Waals surface area contributed by atoms with Crippen LogP contribution in [-0.2, 0) is 26.2 Å². The van der Waals surface area contributed by atoms with Crippen molar-refractivity contribution >= 4 is 34.2 Å². The summed E-state index contributed by atoms with van der Waals surface area (Å²) in [6, 6.07) is 20.4. The van der Waals surface area contributed by atoms with Crippen molar-refractivity contribution in [1.82, 2.24) is 0 Å². The minimum atomic E-state index is -2.61. The molecule has 7 nitrogen and oxygen atoms in total. The Labute approximate surface area is 436 Å². The van der Waals surface area contributed by atoms with E-state index in [2.05, 4.69) is 250 Å². The van der Waals surface area contributed by atoms with E-state index in [4.69, 9.17) is 45.0 Å². The zero-order valence-corrected chi connectivity index (χ0v) is 44.4. The van der Waals surface area contributed by atoms with E-state index in [-0.39, 0.29) is 8.85 Å². The van der Waals surface area contributed by atoms with Crippen LogP contribution in [0.1, 0.15) is 20.0 Å². The van der Waals surface area contributed by atoms with Gasteiger partial charge >= 0.3 is 34.2 Å². The van der Waals surface area contributed by atoms with Crippen molar-refractivity contribution in [3.05, 3.63) is 71.8 Å². The van der Waals surface area contributed by atoms with Crippen LogP contribution in [0.3, 0.4) is 0 Å². The molecule has 0 aromatic heterocycles. The van der Waals surface area contributed by atoms with Crippen LogP contribution in [0, 0.1) is 226 Å². The Kier molecular flexibility index (Phi) is 41.1. The van der Waals surface area contributed by atoms with Gasteiger partial charge in [0.2, 0.25) is 0 Å². The monoisotopic (exact) mass is 1010 g/mol. The van der Waals surface area contributed by atoms with E-state index in [1.165, 1.54) is 24.2 Å². The molecule has 72 heavy (non-hydrogen) atoms. The van der Waals surface area contributed by atoms with Crippen LogP contribution in [0.2, 0.25) is 52.4 Å². The molecule has 0 aliphatic rings. The highest BCUT2D eigenvalue weighted by atomic mass is 28.5. The first-order valence-electron chi connectivity index (χ1n) is 20.1. The van der Waals surface area contributed by atoms with E-state index in [1.807, 2.05) is 36.4 Å². The summed E-state index contributed by atoms with van der Waals surface area (Å²) in [7, 11) is -9.64. The second-order valence-corrected chi connectivity index (χ2v) is 26.9. The van der Waals surface area contributed by atoms with Gasteiger partial charge in [0.25, 0.3) is 0 Å². The summed E-state index contributed by atoms with van der Waals surface area (Å²) in [4.78, 5) is 34.7. The molecule has 0 radical (unpaired) electrons. The Hall–Kier alpha value is -9.33. The Balaban J connectivity index is -0.000000556. The summed E-state index contributed by atoms with van der Waals surface area (Å²) in [6.45, 7) is 14.8. The van der Waals surface area contributed by atoms with Crippen molar-refractivity contribution in [3.63, 3.8) is 0 Å². The zero-order valence-electron chi connectivity index (χ0n) is 40.4. The number of hydrogen-bond acceptors (Lipinski definition) is 7. The number of terminal acetylenes is 2. The third kappa shape index (κ3) is 60.7. The standard InChI is InChI=1S/C38H2.C16H20O2Si.C4H14O3Si2.C2H8O2Si.CH4.H2/c1-3-5-7-9-11-13-15-17-19-21-23-25-27-29-31-33-35-37-38-36-34-32-30-28-26-24-22-20-18-16-14-12-10-8-6-4-2;1-19(2,17-13-15-9-5-3-6-10-15)18-14-16-11-7-4-8-12-16;1-8(2,5)7-9(3,4)6;1-5(2,3)4;;/h1-2H;3-12H,13-14H2,1-2H3;5-6H,1-4H3;3-4H,1-2H3;1H4;1H. The SMILES string of the molecule is C.C#CC#CC#CC#CC#CC#CC#CC#CC#CC#CC#CC#CC#CC#CC#CC#CC#CC#CC#C.C[Si](C)(O)O.C[Si](C)(O)O[Si](C)(C)O.C[Si](C)(OCc1ccccc1)OCc1ccccc1.[HH]. The number of rotatable bonds is 8. The summed E-state index contributed by atoms with van der Waals surface area (Å²) in [5.41, 5.74) is 2.37. The third-order valence-corrected chi connectivity index (χ3v) is 11.2. The van der Waals surface area contributed by atoms with Crippen molar-refractivity contribution in [2.75, 3.05) is 0 Å². The maximum Gasteiger partial charge on any atom is 0.332 e. The Morgan fingerprint density at radius 2 is 0.514 bits per heavy atom. The molecule has 0 atom stereocenters. The fourth-order valence-corrected chi connectivity index (χ4v) is 9.39. The van der Waals surface area contributed by atoms with E-state index in [0.29, 0.717) is 13.2 Å². The summed E-state index contributed by atoms with van der Waals surface area (Å²) < 4.78 is 16.9. The molecular weight excluding hydrogens is 957 g/mol. The first-order valence-corrected chi connectivity index (χ1v) is 31.6. The summed E-state index contributed by atoms with van der Waals surface area (Å²) in [5.74, 6) is 88.1. The molecule has 2 aromatic rings. The molecule has 0 aliphatic heterocycles. The molecule has 11 heteroatoms. The normalized spacial score (nSPS) is 7.64. The lowest BCUT2D eigenvalue weighted by molar-refractivity contribution is 0.164. The largest absolute Gasteiger partial charge is 0.415 e. The van der Waals surface area contributed by atoms with E-state index >= 15 is 0 Å². The molecule has 0 amide bonds. The van der Waals surface area contributed by atoms with Crippen LogP contribution >= 0.6 is 0 Å². The smallest absolute Gasteiger partial charge is 0.332 e. The maximum atomic E-state index is 9.14. The first kappa shape index (κ1) is 66.9. The number of benzene rings is 2. The molecule has 0 spiro atoms. The van der Waals surface area contributed by atoms with Crippen molar-refractivity contribution in [2.45, 2.75) is 73.0 Å². The van der Waals surface area contributed by atoms with Crippen LogP contribution in [0.25, 0.3) is 0 Å². The Morgan fingerprint density at radius 1 is 0.347 bits per heavy atom. The Morgan fingerprint density at radius 3 is 0.653 bits per heavy atom. The van der Waals surface area contributed by atoms with Gasteiger partial charge < -0.3 is 32.1 Å². The van der Waals surface area contributed by atoms with Gasteiger partial charge in [0.15, 0.2) is 0 Å². The lowest BCUT2D eigenvalue weighted by Crippen LogP contribution is -2.44. The minimum Gasteiger partial charge on any atom is -0.415 e. The third-order valence-electron chi connectivity index (χ3n) is 5.56. The second kappa shape index (κ2) is 44.2. The van der Waals surface area contributed by atoms with Gasteiger partial charge in [0.1, 0.15) is 0 Å². The fourth-order valence-electron chi connectivity index (χ4n) is 3.39. The van der Waals surface area contributed by atoms with Crippen molar-refractivity contribution in [1.29, 1.82) is 0 Å². The molecule has 2 aromatic carbocycles. The van der Waals surface area contributed by atoms with Gasteiger partial charge in [0.05, 0.1) is 13.2 Å². The van der Waals surface area contributed by atoms with E-state index in [9.17, 15) is 0 Å². The topological polar surface area (TPSA) is 109 Å². The van der Waals surface area contributed by atoms with Gasteiger partial charge in [-0.3, -0.25) is 0 Å². The van der Waals surface area contributed by atoms with E-state index < -0.39 is 34.2 Å². The maximum absolute atomic E-state index is 9.14. The highest BCUT2D eigenvalue weighted by molar-refractivity contribution is 6.77. The average molecular weight is 1010 g/mol. The molecule has 0 aliphatic carbocycles. The Bertz CT molecular complexity index is 3120. The molecule has 0 fully saturated rings. The number of hydrogen-bond donors (Lipinski definition) is 4. The first-order chi connectivity index (χ1) is 33.8. The van der Waals surface area contributed by atoms with Gasteiger partial charge in [0, 0.05) is 120 Å². The molecule has 352 valence electrons. The van der Waals surface area contributed by atoms with E-state index in [0.717, 1.165) is 0 Å². The predicted octanol–water partition coefficient (Wildman–Crippen LogP) is 5.38. The van der Waals surface area contributed by atoms with Crippen LogP contribution in [0.4, 0.5) is 0 Å². The van der Waals surface area contributed by atoms with Gasteiger partial charge in [-0.1, -0.05) is 68.1 Å². The van der Waals surface area contributed by atoms with Gasteiger partial charge in [-0.25, -0.2) is 0 Å². The summed E-state index contributed by atoms with van der Waals surface area (Å²) in [5, 5.41) is 0. The van der Waals surface area contributed by atoms with Gasteiger partial charge in [-0.05, 0) is 158 Å². The fraction of sp³-hybridized carbons (Fsp3) is 0.180. The second-order valence-electron chi connectivity index (χ2n) is 14.0. The average Bonchev–Trinajstić information content (AvgIpc) is 3.30. The molecule has 0 saturated carbocycles. The van der Waals surface area contributed by atoms with Crippen molar-refractivity contribution in [2.24, 2.45) is 0 Å². The van der Waals surface area contributed by atoms with Crippen LogP contribution < -0.4 is 0 Å². The minimum absolute atomic E-state index is 0. The van der Waals surface area contributed by atoms with E-state index in [1.54, 1.807) is 26.2 Å². The highest BCUT2D eigenvalue weighted by Crippen LogP contribution is 2.14. The zero-order chi connectivity index (χ0) is 53.2. The van der Waals surface area contributed by atoms with Crippen molar-refractivity contribution < 1.29 is 33.6 Å². The lowest BCUT2D eigenvalue weighted by atomic mass is 10.2. The van der Waals surface area contributed by atoms with Crippen LogP contribution in [0.5, 0.6) is 0 Å². The van der Waals surface area contributed by atoms with Gasteiger partial charge in [-0.15, -0.1) is 12.8 Å². The van der Waals surface area contributed by atoms with Gasteiger partial charge in [-0.2, -0.15) is 0 Å². The predicted molar refractivity (Wildman–Crippen MR) is 301 cm³/mol. The quantitative estimate of drug-likeness (QED) is 0.208. The molecule has 0 saturated heterocycles. The lowest BCUT2D eigenvalue weighted by Gasteiger charge is -2.23. The highest BCUT2D eigenvalue weighted by Gasteiger charge is 2.30. The summed E-state index contributed by atoms with van der Waals surface area (Å²) in [6.07, 6.45) is 9.85. The molecule has 0 bridgehead atoms. The van der Waals surface area contributed by atoms with Crippen LogP contribution in [0.15, 0.2) is 60.7 Å².